The average molecular weight is 431 g/mol. The lowest BCUT2D eigenvalue weighted by molar-refractivity contribution is -0.126. The van der Waals surface area contributed by atoms with E-state index in [1.165, 1.54) is 4.31 Å². The summed E-state index contributed by atoms with van der Waals surface area (Å²) in [4.78, 5) is 12.7. The number of rotatable bonds is 7. The second kappa shape index (κ2) is 9.62. The van der Waals surface area contributed by atoms with Gasteiger partial charge in [-0.1, -0.05) is 42.0 Å². The fraction of sp³-hybridized carbons (Fsp3) is 0.435. The smallest absolute Gasteiger partial charge is 0.223 e. The SMILES string of the molecule is COc1ccc([C@H](C)NC(=O)C2CCN(S(=O)(=O)Cc3cccc(C)c3)CC2)cc1. The van der Waals surface area contributed by atoms with Crippen molar-refractivity contribution >= 4 is 15.9 Å². The minimum Gasteiger partial charge on any atom is -0.497 e. The van der Waals surface area contributed by atoms with Crippen molar-refractivity contribution in [3.63, 3.8) is 0 Å². The topological polar surface area (TPSA) is 75.7 Å². The Bertz CT molecular complexity index is 965. The first kappa shape index (κ1) is 22.3. The quantitative estimate of drug-likeness (QED) is 0.730. The summed E-state index contributed by atoms with van der Waals surface area (Å²) < 4.78 is 32.2. The number of nitrogens with zero attached hydrogens (tertiary/aromatic N) is 1. The Kier molecular flexibility index (Phi) is 7.15. The molecular weight excluding hydrogens is 400 g/mol. The van der Waals surface area contributed by atoms with Gasteiger partial charge in [0.15, 0.2) is 0 Å². The Hall–Kier alpha value is -2.38. The van der Waals surface area contributed by atoms with E-state index < -0.39 is 10.0 Å². The van der Waals surface area contributed by atoms with Gasteiger partial charge in [-0.3, -0.25) is 4.79 Å². The third-order valence-corrected chi connectivity index (χ3v) is 7.47. The van der Waals surface area contributed by atoms with E-state index in [0.717, 1.165) is 22.4 Å². The third-order valence-electron chi connectivity index (χ3n) is 5.62. The number of hydrogen-bond acceptors (Lipinski definition) is 4. The molecule has 0 saturated carbocycles. The molecule has 2 aromatic rings. The van der Waals surface area contributed by atoms with Crippen molar-refractivity contribution in [1.29, 1.82) is 0 Å². The molecule has 30 heavy (non-hydrogen) atoms. The number of nitrogens with one attached hydrogen (secondary N) is 1. The van der Waals surface area contributed by atoms with Crippen LogP contribution in [0.5, 0.6) is 5.75 Å². The van der Waals surface area contributed by atoms with Gasteiger partial charge in [-0.25, -0.2) is 12.7 Å². The number of ether oxygens (including phenoxy) is 1. The summed E-state index contributed by atoms with van der Waals surface area (Å²) in [5, 5.41) is 3.06. The van der Waals surface area contributed by atoms with Crippen molar-refractivity contribution in [2.75, 3.05) is 20.2 Å². The average Bonchev–Trinajstić information content (AvgIpc) is 2.73. The van der Waals surface area contributed by atoms with E-state index in [1.54, 1.807) is 7.11 Å². The van der Waals surface area contributed by atoms with E-state index in [9.17, 15) is 13.2 Å². The predicted molar refractivity (Wildman–Crippen MR) is 118 cm³/mol. The zero-order chi connectivity index (χ0) is 21.7. The van der Waals surface area contributed by atoms with Crippen LogP contribution in [-0.4, -0.2) is 38.8 Å². The predicted octanol–water partition coefficient (Wildman–Crippen LogP) is 3.42. The molecule has 0 radical (unpaired) electrons. The van der Waals surface area contributed by atoms with Gasteiger partial charge >= 0.3 is 0 Å². The maximum atomic E-state index is 12.8. The molecule has 6 nitrogen and oxygen atoms in total. The molecule has 0 aliphatic carbocycles. The largest absolute Gasteiger partial charge is 0.497 e. The molecule has 1 fully saturated rings. The molecule has 0 spiro atoms. The lowest BCUT2D eigenvalue weighted by Gasteiger charge is -2.31. The highest BCUT2D eigenvalue weighted by molar-refractivity contribution is 7.88. The van der Waals surface area contributed by atoms with E-state index in [-0.39, 0.29) is 23.6 Å². The monoisotopic (exact) mass is 430 g/mol. The summed E-state index contributed by atoms with van der Waals surface area (Å²) in [6.45, 7) is 4.65. The van der Waals surface area contributed by atoms with Crippen molar-refractivity contribution in [2.45, 2.75) is 38.5 Å². The Morgan fingerprint density at radius 3 is 2.43 bits per heavy atom. The second-order valence-electron chi connectivity index (χ2n) is 7.92. The molecule has 1 atom stereocenters. The Morgan fingerprint density at radius 2 is 1.83 bits per heavy atom. The number of benzene rings is 2. The molecular formula is C23H30N2O4S. The first-order chi connectivity index (χ1) is 14.3. The normalized spacial score (nSPS) is 16.8. The van der Waals surface area contributed by atoms with Crippen LogP contribution in [0.2, 0.25) is 0 Å². The molecule has 1 aliphatic rings. The van der Waals surface area contributed by atoms with E-state index in [1.807, 2.05) is 62.4 Å². The fourth-order valence-corrected chi connectivity index (χ4v) is 5.36. The zero-order valence-corrected chi connectivity index (χ0v) is 18.6. The van der Waals surface area contributed by atoms with Crippen LogP contribution in [0.25, 0.3) is 0 Å². The molecule has 162 valence electrons. The van der Waals surface area contributed by atoms with Crippen LogP contribution in [-0.2, 0) is 20.6 Å². The fourth-order valence-electron chi connectivity index (χ4n) is 3.81. The van der Waals surface area contributed by atoms with Gasteiger partial charge in [0.05, 0.1) is 18.9 Å². The highest BCUT2D eigenvalue weighted by Gasteiger charge is 2.31. The zero-order valence-electron chi connectivity index (χ0n) is 17.8. The lowest BCUT2D eigenvalue weighted by Crippen LogP contribution is -2.43. The molecule has 1 N–H and O–H groups in total. The number of piperidine rings is 1. The molecule has 2 aromatic carbocycles. The highest BCUT2D eigenvalue weighted by Crippen LogP contribution is 2.24. The molecule has 1 aliphatic heterocycles. The maximum absolute atomic E-state index is 12.8. The van der Waals surface area contributed by atoms with Crippen molar-refractivity contribution in [1.82, 2.24) is 9.62 Å². The van der Waals surface area contributed by atoms with Gasteiger partial charge in [0.25, 0.3) is 0 Å². The summed E-state index contributed by atoms with van der Waals surface area (Å²) in [6, 6.07) is 15.1. The van der Waals surface area contributed by atoms with Crippen LogP contribution in [0.15, 0.2) is 48.5 Å². The Morgan fingerprint density at radius 1 is 1.17 bits per heavy atom. The van der Waals surface area contributed by atoms with Crippen molar-refractivity contribution < 1.29 is 17.9 Å². The van der Waals surface area contributed by atoms with E-state index in [2.05, 4.69) is 5.32 Å². The molecule has 0 unspecified atom stereocenters. The van der Waals surface area contributed by atoms with Gasteiger partial charge in [-0.15, -0.1) is 0 Å². The van der Waals surface area contributed by atoms with Crippen LogP contribution in [0.4, 0.5) is 0 Å². The van der Waals surface area contributed by atoms with Crippen LogP contribution in [0.3, 0.4) is 0 Å². The third kappa shape index (κ3) is 5.61. The van der Waals surface area contributed by atoms with Crippen molar-refractivity contribution in [3.05, 3.63) is 65.2 Å². The Labute approximate surface area is 179 Å². The van der Waals surface area contributed by atoms with Crippen LogP contribution in [0, 0.1) is 12.8 Å². The molecule has 0 bridgehead atoms. The summed E-state index contributed by atoms with van der Waals surface area (Å²) in [6.07, 6.45) is 1.07. The van der Waals surface area contributed by atoms with Crippen molar-refractivity contribution in [2.24, 2.45) is 5.92 Å². The van der Waals surface area contributed by atoms with Gasteiger partial charge in [0.2, 0.25) is 15.9 Å². The van der Waals surface area contributed by atoms with Gasteiger partial charge in [0.1, 0.15) is 5.75 Å². The van der Waals surface area contributed by atoms with Crippen molar-refractivity contribution in [3.8, 4) is 5.75 Å². The summed E-state index contributed by atoms with van der Waals surface area (Å²) >= 11 is 0. The van der Waals surface area contributed by atoms with E-state index >= 15 is 0 Å². The lowest BCUT2D eigenvalue weighted by atomic mass is 9.96. The molecule has 0 aromatic heterocycles. The molecule has 1 heterocycles. The van der Waals surface area contributed by atoms with Crippen LogP contribution >= 0.6 is 0 Å². The van der Waals surface area contributed by atoms with Gasteiger partial charge < -0.3 is 10.1 Å². The Balaban J connectivity index is 1.53. The minimum absolute atomic E-state index is 0.0000464. The maximum Gasteiger partial charge on any atom is 0.223 e. The summed E-state index contributed by atoms with van der Waals surface area (Å²) in [5.41, 5.74) is 2.84. The molecule has 7 heteroatoms. The highest BCUT2D eigenvalue weighted by atomic mass is 32.2. The number of carbonyl (C=O) groups excluding carboxylic acids is 1. The summed E-state index contributed by atoms with van der Waals surface area (Å²) in [5.74, 6) is 0.585. The molecule has 1 amide bonds. The van der Waals surface area contributed by atoms with Gasteiger partial charge in [-0.05, 0) is 49.9 Å². The van der Waals surface area contributed by atoms with E-state index in [4.69, 9.17) is 4.74 Å². The standard InChI is InChI=1S/C23H30N2O4S/c1-17-5-4-6-19(15-17)16-30(27,28)25-13-11-21(12-14-25)23(26)24-18(2)20-7-9-22(29-3)10-8-20/h4-10,15,18,21H,11-14,16H2,1-3H3,(H,24,26)/t18-/m0/s1. The molecule has 3 rings (SSSR count). The molecule has 1 saturated heterocycles. The number of aryl methyl sites for hydroxylation is 1. The number of carbonyl (C=O) groups is 1. The first-order valence-corrected chi connectivity index (χ1v) is 11.9. The summed E-state index contributed by atoms with van der Waals surface area (Å²) in [7, 11) is -1.77. The second-order valence-corrected chi connectivity index (χ2v) is 9.89. The number of sulfonamides is 1. The number of hydrogen-bond donors (Lipinski definition) is 1. The minimum atomic E-state index is -3.39. The number of amides is 1. The van der Waals surface area contributed by atoms with Gasteiger partial charge in [-0.2, -0.15) is 0 Å². The van der Waals surface area contributed by atoms with Crippen LogP contribution in [0.1, 0.15) is 42.5 Å². The van der Waals surface area contributed by atoms with Gasteiger partial charge in [0, 0.05) is 19.0 Å². The first-order valence-electron chi connectivity index (χ1n) is 10.3. The van der Waals surface area contributed by atoms with Crippen LogP contribution < -0.4 is 10.1 Å². The van der Waals surface area contributed by atoms with E-state index in [0.29, 0.717) is 25.9 Å². The number of methoxy groups -OCH3 is 1.